The maximum atomic E-state index is 8.92. The number of rotatable bonds is 5. The van der Waals surface area contributed by atoms with Gasteiger partial charge in [0, 0.05) is 18.0 Å². The van der Waals surface area contributed by atoms with Crippen molar-refractivity contribution in [2.24, 2.45) is 0 Å². The molecule has 0 fully saturated rings. The summed E-state index contributed by atoms with van der Waals surface area (Å²) in [5.74, 6) is 0.626. The predicted molar refractivity (Wildman–Crippen MR) is 80.3 cm³/mol. The highest BCUT2D eigenvalue weighted by Gasteiger charge is 2.04. The molecule has 1 N–H and O–H groups in total. The molecule has 0 atom stereocenters. The van der Waals surface area contributed by atoms with Crippen LogP contribution in [0.1, 0.15) is 16.0 Å². The van der Waals surface area contributed by atoms with Crippen LogP contribution in [0, 0.1) is 11.3 Å². The second kappa shape index (κ2) is 6.71. The Morgan fingerprint density at radius 3 is 2.79 bits per heavy atom. The summed E-state index contributed by atoms with van der Waals surface area (Å²) in [6.45, 7) is 1.58. The Kier molecular flexibility index (Phi) is 4.97. The lowest BCUT2D eigenvalue weighted by atomic mass is 10.1. The van der Waals surface area contributed by atoms with Gasteiger partial charge in [0.25, 0.3) is 0 Å². The summed E-state index contributed by atoms with van der Waals surface area (Å²) in [5, 5.41) is 12.3. The summed E-state index contributed by atoms with van der Waals surface area (Å²) in [7, 11) is 1.58. The number of ether oxygens (including phenoxy) is 1. The van der Waals surface area contributed by atoms with Gasteiger partial charge in [-0.25, -0.2) is 0 Å². The minimum Gasteiger partial charge on any atom is -0.495 e. The van der Waals surface area contributed by atoms with Crippen LogP contribution >= 0.6 is 27.3 Å². The number of nitrogens with one attached hydrogen (secondary N) is 1. The van der Waals surface area contributed by atoms with Gasteiger partial charge < -0.3 is 10.1 Å². The molecule has 0 saturated carbocycles. The quantitative estimate of drug-likeness (QED) is 0.905. The number of nitrogens with zero attached hydrogens (tertiary/aromatic N) is 1. The molecule has 0 aliphatic rings. The molecule has 0 aliphatic carbocycles. The second-order valence-electron chi connectivity index (χ2n) is 3.96. The van der Waals surface area contributed by atoms with Crippen LogP contribution in [-0.2, 0) is 13.1 Å². The summed E-state index contributed by atoms with van der Waals surface area (Å²) in [4.78, 5) is 1.28. The van der Waals surface area contributed by atoms with Crippen molar-refractivity contribution in [3.63, 3.8) is 0 Å². The molecule has 5 heteroatoms. The Balaban J connectivity index is 1.94. The smallest absolute Gasteiger partial charge is 0.136 e. The van der Waals surface area contributed by atoms with Crippen LogP contribution in [0.25, 0.3) is 0 Å². The molecule has 0 spiro atoms. The van der Waals surface area contributed by atoms with E-state index in [1.54, 1.807) is 24.5 Å². The number of halogens is 1. The van der Waals surface area contributed by atoms with E-state index in [4.69, 9.17) is 10.00 Å². The van der Waals surface area contributed by atoms with E-state index in [1.165, 1.54) is 4.88 Å². The second-order valence-corrected chi connectivity index (χ2v) is 6.50. The van der Waals surface area contributed by atoms with Crippen LogP contribution in [0.4, 0.5) is 0 Å². The molecule has 3 nitrogen and oxygen atoms in total. The molecule has 0 aliphatic heterocycles. The fourth-order valence-electron chi connectivity index (χ4n) is 1.71. The van der Waals surface area contributed by atoms with Crippen LogP contribution in [0.5, 0.6) is 5.75 Å². The van der Waals surface area contributed by atoms with Gasteiger partial charge in [0.1, 0.15) is 11.8 Å². The summed E-state index contributed by atoms with van der Waals surface area (Å²) in [6, 6.07) is 11.9. The molecule has 2 aromatic rings. The van der Waals surface area contributed by atoms with Gasteiger partial charge in [-0.1, -0.05) is 6.07 Å². The first-order valence-electron chi connectivity index (χ1n) is 5.75. The first kappa shape index (κ1) is 14.1. The van der Waals surface area contributed by atoms with Gasteiger partial charge in [0.05, 0.1) is 16.5 Å². The fraction of sp³-hybridized carbons (Fsp3) is 0.214. The van der Waals surface area contributed by atoms with E-state index in [2.05, 4.69) is 33.4 Å². The fourth-order valence-corrected chi connectivity index (χ4v) is 3.17. The minimum absolute atomic E-state index is 0.563. The first-order chi connectivity index (χ1) is 9.22. The molecule has 1 aromatic heterocycles. The molecule has 98 valence electrons. The van der Waals surface area contributed by atoms with Gasteiger partial charge in [-0.2, -0.15) is 5.26 Å². The van der Waals surface area contributed by atoms with E-state index >= 15 is 0 Å². The third kappa shape index (κ3) is 3.80. The maximum Gasteiger partial charge on any atom is 0.136 e. The van der Waals surface area contributed by atoms with Crippen molar-refractivity contribution in [2.45, 2.75) is 13.1 Å². The Morgan fingerprint density at radius 1 is 1.32 bits per heavy atom. The molecule has 1 heterocycles. The summed E-state index contributed by atoms with van der Waals surface area (Å²) in [5.41, 5.74) is 1.67. The summed E-state index contributed by atoms with van der Waals surface area (Å²) in [6.07, 6.45) is 0. The zero-order valence-corrected chi connectivity index (χ0v) is 12.8. The molecule has 0 saturated heterocycles. The molecule has 0 unspecified atom stereocenters. The lowest BCUT2D eigenvalue weighted by Crippen LogP contribution is -2.11. The van der Waals surface area contributed by atoms with E-state index in [-0.39, 0.29) is 0 Å². The molecular formula is C14H13BrN2OS. The highest BCUT2D eigenvalue weighted by atomic mass is 79.9. The molecule has 0 bridgehead atoms. The minimum atomic E-state index is 0.563. The summed E-state index contributed by atoms with van der Waals surface area (Å²) < 4.78 is 6.33. The molecule has 1 aromatic carbocycles. The number of hydrogen-bond acceptors (Lipinski definition) is 4. The van der Waals surface area contributed by atoms with Crippen LogP contribution in [0.15, 0.2) is 34.1 Å². The van der Waals surface area contributed by atoms with Crippen molar-refractivity contribution < 1.29 is 4.74 Å². The monoisotopic (exact) mass is 336 g/mol. The standard InChI is InChI=1S/C14H13BrN2OS/c1-18-13-6-10(2-3-11(13)7-16)8-17-9-12-4-5-14(15)19-12/h2-6,17H,8-9H2,1H3. The largest absolute Gasteiger partial charge is 0.495 e. The van der Waals surface area contributed by atoms with Crippen LogP contribution in [0.2, 0.25) is 0 Å². The predicted octanol–water partition coefficient (Wildman–Crippen LogP) is 3.68. The van der Waals surface area contributed by atoms with Gasteiger partial charge in [-0.3, -0.25) is 0 Å². The zero-order chi connectivity index (χ0) is 13.7. The van der Waals surface area contributed by atoms with Crippen molar-refractivity contribution >= 4 is 27.3 Å². The SMILES string of the molecule is COc1cc(CNCc2ccc(Br)s2)ccc1C#N. The van der Waals surface area contributed by atoms with E-state index in [0.29, 0.717) is 11.3 Å². The molecular weight excluding hydrogens is 324 g/mol. The zero-order valence-electron chi connectivity index (χ0n) is 10.4. The van der Waals surface area contributed by atoms with Crippen molar-refractivity contribution in [1.82, 2.24) is 5.32 Å². The van der Waals surface area contributed by atoms with E-state index in [1.807, 2.05) is 18.2 Å². The third-order valence-corrected chi connectivity index (χ3v) is 4.27. The normalized spacial score (nSPS) is 10.2. The molecule has 0 radical (unpaired) electrons. The average Bonchev–Trinajstić information content (AvgIpc) is 2.84. The highest BCUT2D eigenvalue weighted by molar-refractivity contribution is 9.11. The Morgan fingerprint density at radius 2 is 2.16 bits per heavy atom. The van der Waals surface area contributed by atoms with E-state index in [9.17, 15) is 0 Å². The van der Waals surface area contributed by atoms with E-state index < -0.39 is 0 Å². The number of nitriles is 1. The van der Waals surface area contributed by atoms with Crippen LogP contribution < -0.4 is 10.1 Å². The van der Waals surface area contributed by atoms with Gasteiger partial charge in [0.15, 0.2) is 0 Å². The Hall–Kier alpha value is -1.35. The first-order valence-corrected chi connectivity index (χ1v) is 7.36. The van der Waals surface area contributed by atoms with Crippen LogP contribution in [0.3, 0.4) is 0 Å². The summed E-state index contributed by atoms with van der Waals surface area (Å²) >= 11 is 5.17. The maximum absolute atomic E-state index is 8.92. The average molecular weight is 337 g/mol. The lowest BCUT2D eigenvalue weighted by molar-refractivity contribution is 0.412. The lowest BCUT2D eigenvalue weighted by Gasteiger charge is -2.07. The van der Waals surface area contributed by atoms with Crippen molar-refractivity contribution in [3.8, 4) is 11.8 Å². The van der Waals surface area contributed by atoms with Gasteiger partial charge in [-0.05, 0) is 45.8 Å². The molecule has 19 heavy (non-hydrogen) atoms. The van der Waals surface area contributed by atoms with Crippen molar-refractivity contribution in [1.29, 1.82) is 5.26 Å². The number of thiophene rings is 1. The Labute approximate surface area is 125 Å². The van der Waals surface area contributed by atoms with E-state index in [0.717, 1.165) is 22.4 Å². The number of methoxy groups -OCH3 is 1. The number of hydrogen-bond donors (Lipinski definition) is 1. The molecule has 2 rings (SSSR count). The topological polar surface area (TPSA) is 45.0 Å². The highest BCUT2D eigenvalue weighted by Crippen LogP contribution is 2.22. The van der Waals surface area contributed by atoms with Crippen molar-refractivity contribution in [2.75, 3.05) is 7.11 Å². The molecule has 0 amide bonds. The van der Waals surface area contributed by atoms with Gasteiger partial charge in [-0.15, -0.1) is 11.3 Å². The Bertz CT molecular complexity index is 604. The van der Waals surface area contributed by atoms with Crippen molar-refractivity contribution in [3.05, 3.63) is 50.1 Å². The van der Waals surface area contributed by atoms with Crippen LogP contribution in [-0.4, -0.2) is 7.11 Å². The number of benzene rings is 1. The van der Waals surface area contributed by atoms with Gasteiger partial charge in [0.2, 0.25) is 0 Å². The third-order valence-electron chi connectivity index (χ3n) is 2.64. The van der Waals surface area contributed by atoms with Gasteiger partial charge >= 0.3 is 0 Å².